The molecule has 1 atom stereocenters. The Balaban J connectivity index is 1.75. The number of amides is 2. The van der Waals surface area contributed by atoms with E-state index in [1.807, 2.05) is 0 Å². The van der Waals surface area contributed by atoms with Gasteiger partial charge in [-0.1, -0.05) is 36.7 Å². The van der Waals surface area contributed by atoms with Gasteiger partial charge in [-0.3, -0.25) is 13.9 Å². The molecule has 0 aliphatic carbocycles. The van der Waals surface area contributed by atoms with Crippen LogP contribution in [-0.4, -0.2) is 58.0 Å². The van der Waals surface area contributed by atoms with Gasteiger partial charge in [-0.15, -0.1) is 0 Å². The standard InChI is InChI=1S/C28H29ClFN3O6S/c1-3-24(28(35)31-2)32(17-19-6-4-5-7-23(19)29)27(34)18-33(21-10-8-20(30)9-11-21)40(36,37)22-12-13-25-26(16-22)39-15-14-38-25/h4-13,16,24H,3,14-15,17-18H2,1-2H3,(H,31,35)/t24-/m0/s1. The van der Waals surface area contributed by atoms with Gasteiger partial charge in [0, 0.05) is 24.7 Å². The molecule has 3 aromatic carbocycles. The minimum absolute atomic E-state index is 0.0359. The van der Waals surface area contributed by atoms with E-state index in [0.29, 0.717) is 22.9 Å². The van der Waals surface area contributed by atoms with E-state index in [9.17, 15) is 22.4 Å². The number of likely N-dealkylation sites (N-methyl/N-ethyl adjacent to an activating group) is 1. The number of anilines is 1. The number of halogens is 2. The predicted molar refractivity (Wildman–Crippen MR) is 149 cm³/mol. The summed E-state index contributed by atoms with van der Waals surface area (Å²) in [6.45, 7) is 1.63. The Hall–Kier alpha value is -3.83. The third-order valence-electron chi connectivity index (χ3n) is 6.43. The lowest BCUT2D eigenvalue weighted by atomic mass is 10.1. The van der Waals surface area contributed by atoms with Crippen molar-refractivity contribution in [3.63, 3.8) is 0 Å². The van der Waals surface area contributed by atoms with Gasteiger partial charge in [-0.25, -0.2) is 12.8 Å². The first-order chi connectivity index (χ1) is 19.1. The lowest BCUT2D eigenvalue weighted by molar-refractivity contribution is -0.140. The van der Waals surface area contributed by atoms with Gasteiger partial charge in [-0.2, -0.15) is 0 Å². The molecule has 9 nitrogen and oxygen atoms in total. The summed E-state index contributed by atoms with van der Waals surface area (Å²) in [7, 11) is -2.91. The van der Waals surface area contributed by atoms with Gasteiger partial charge in [-0.05, 0) is 54.4 Å². The fourth-order valence-corrected chi connectivity index (χ4v) is 5.97. The monoisotopic (exact) mass is 589 g/mol. The number of nitrogens with zero attached hydrogens (tertiary/aromatic N) is 2. The Morgan fingerprint density at radius 2 is 1.70 bits per heavy atom. The number of fused-ring (bicyclic) bond motifs is 1. The molecule has 0 saturated carbocycles. The average Bonchev–Trinajstić information content (AvgIpc) is 2.96. The van der Waals surface area contributed by atoms with E-state index in [1.165, 1.54) is 42.3 Å². The van der Waals surface area contributed by atoms with E-state index < -0.39 is 40.2 Å². The van der Waals surface area contributed by atoms with Crippen LogP contribution in [0.25, 0.3) is 0 Å². The molecule has 0 fully saturated rings. The van der Waals surface area contributed by atoms with E-state index in [-0.39, 0.29) is 35.9 Å². The van der Waals surface area contributed by atoms with Gasteiger partial charge >= 0.3 is 0 Å². The topological polar surface area (TPSA) is 105 Å². The highest BCUT2D eigenvalue weighted by Gasteiger charge is 2.34. The number of ether oxygens (including phenoxy) is 2. The molecule has 1 N–H and O–H groups in total. The number of rotatable bonds is 10. The number of carbonyl (C=O) groups excluding carboxylic acids is 2. The number of sulfonamides is 1. The average molecular weight is 590 g/mol. The first-order valence-electron chi connectivity index (χ1n) is 12.6. The van der Waals surface area contributed by atoms with Crippen LogP contribution in [0.1, 0.15) is 18.9 Å². The summed E-state index contributed by atoms with van der Waals surface area (Å²) in [6, 6.07) is 14.9. The van der Waals surface area contributed by atoms with Crippen molar-refractivity contribution < 1.29 is 31.9 Å². The van der Waals surface area contributed by atoms with Gasteiger partial charge in [0.15, 0.2) is 11.5 Å². The Morgan fingerprint density at radius 1 is 1.02 bits per heavy atom. The molecule has 0 bridgehead atoms. The van der Waals surface area contributed by atoms with Crippen LogP contribution in [0, 0.1) is 5.82 Å². The Morgan fingerprint density at radius 3 is 2.35 bits per heavy atom. The molecular formula is C28H29ClFN3O6S. The van der Waals surface area contributed by atoms with E-state index in [4.69, 9.17) is 21.1 Å². The van der Waals surface area contributed by atoms with Crippen molar-refractivity contribution in [1.82, 2.24) is 10.2 Å². The summed E-state index contributed by atoms with van der Waals surface area (Å²) < 4.78 is 53.7. The van der Waals surface area contributed by atoms with Gasteiger partial charge < -0.3 is 19.7 Å². The van der Waals surface area contributed by atoms with Crippen molar-refractivity contribution >= 4 is 39.1 Å². The number of hydrogen-bond donors (Lipinski definition) is 1. The van der Waals surface area contributed by atoms with E-state index in [1.54, 1.807) is 31.2 Å². The van der Waals surface area contributed by atoms with Crippen molar-refractivity contribution in [2.75, 3.05) is 31.1 Å². The third kappa shape index (κ3) is 6.31. The zero-order valence-corrected chi connectivity index (χ0v) is 23.5. The molecule has 1 aliphatic heterocycles. The second-order valence-electron chi connectivity index (χ2n) is 8.94. The predicted octanol–water partition coefficient (Wildman–Crippen LogP) is 4.00. The lowest BCUT2D eigenvalue weighted by Gasteiger charge is -2.33. The van der Waals surface area contributed by atoms with Gasteiger partial charge in [0.25, 0.3) is 10.0 Å². The highest BCUT2D eigenvalue weighted by molar-refractivity contribution is 7.92. The van der Waals surface area contributed by atoms with Crippen LogP contribution in [0.3, 0.4) is 0 Å². The second-order valence-corrected chi connectivity index (χ2v) is 11.2. The largest absolute Gasteiger partial charge is 0.486 e. The minimum atomic E-state index is -4.37. The summed E-state index contributed by atoms with van der Waals surface area (Å²) in [6.07, 6.45) is 0.265. The van der Waals surface area contributed by atoms with Crippen LogP contribution in [0.5, 0.6) is 11.5 Å². The molecule has 40 heavy (non-hydrogen) atoms. The second kappa shape index (κ2) is 12.6. The van der Waals surface area contributed by atoms with Gasteiger partial charge in [0.05, 0.1) is 10.6 Å². The lowest BCUT2D eigenvalue weighted by Crippen LogP contribution is -2.51. The van der Waals surface area contributed by atoms with Crippen molar-refractivity contribution in [2.45, 2.75) is 30.8 Å². The van der Waals surface area contributed by atoms with Crippen molar-refractivity contribution in [1.29, 1.82) is 0 Å². The SMILES string of the molecule is CC[C@@H](C(=O)NC)N(Cc1ccccc1Cl)C(=O)CN(c1ccc(F)cc1)S(=O)(=O)c1ccc2c(c1)OCCO2. The zero-order chi connectivity index (χ0) is 28.9. The van der Waals surface area contributed by atoms with Crippen LogP contribution in [0.2, 0.25) is 5.02 Å². The first kappa shape index (κ1) is 29.2. The van der Waals surface area contributed by atoms with Crippen molar-refractivity contribution in [2.24, 2.45) is 0 Å². The number of hydrogen-bond acceptors (Lipinski definition) is 6. The third-order valence-corrected chi connectivity index (χ3v) is 8.56. The van der Waals surface area contributed by atoms with E-state index in [0.717, 1.165) is 16.4 Å². The smallest absolute Gasteiger partial charge is 0.264 e. The molecule has 1 heterocycles. The molecule has 0 spiro atoms. The van der Waals surface area contributed by atoms with Crippen molar-refractivity contribution in [3.05, 3.63) is 83.1 Å². The summed E-state index contributed by atoms with van der Waals surface area (Å²) >= 11 is 6.36. The molecule has 12 heteroatoms. The molecule has 3 aromatic rings. The number of carbonyl (C=O) groups is 2. The van der Waals surface area contributed by atoms with Crippen LogP contribution in [0.4, 0.5) is 10.1 Å². The molecular weight excluding hydrogens is 561 g/mol. The molecule has 4 rings (SSSR count). The molecule has 0 radical (unpaired) electrons. The molecule has 0 saturated heterocycles. The fourth-order valence-electron chi connectivity index (χ4n) is 4.34. The van der Waals surface area contributed by atoms with E-state index >= 15 is 0 Å². The fraction of sp³-hybridized carbons (Fsp3) is 0.286. The molecule has 0 unspecified atom stereocenters. The molecule has 0 aromatic heterocycles. The Labute approximate surface area is 237 Å². The molecule has 212 valence electrons. The van der Waals surface area contributed by atoms with Crippen LogP contribution in [0.15, 0.2) is 71.6 Å². The van der Waals surface area contributed by atoms with Crippen LogP contribution >= 0.6 is 11.6 Å². The summed E-state index contributed by atoms with van der Waals surface area (Å²) in [5, 5.41) is 2.96. The van der Waals surface area contributed by atoms with Crippen molar-refractivity contribution in [3.8, 4) is 11.5 Å². The first-order valence-corrected chi connectivity index (χ1v) is 14.4. The molecule has 1 aliphatic rings. The highest BCUT2D eigenvalue weighted by atomic mass is 35.5. The quantitative estimate of drug-likeness (QED) is 0.383. The highest BCUT2D eigenvalue weighted by Crippen LogP contribution is 2.34. The minimum Gasteiger partial charge on any atom is -0.486 e. The van der Waals surface area contributed by atoms with E-state index in [2.05, 4.69) is 5.32 Å². The van der Waals surface area contributed by atoms with Crippen LogP contribution in [-0.2, 0) is 26.2 Å². The summed E-state index contributed by atoms with van der Waals surface area (Å²) in [5.74, 6) is -0.981. The van der Waals surface area contributed by atoms with Gasteiger partial charge in [0.2, 0.25) is 11.8 Å². The van der Waals surface area contributed by atoms with Gasteiger partial charge in [0.1, 0.15) is 31.6 Å². The molecule has 2 amide bonds. The summed E-state index contributed by atoms with van der Waals surface area (Å²) in [5.41, 5.74) is 0.651. The van der Waals surface area contributed by atoms with Crippen LogP contribution < -0.4 is 19.1 Å². The Bertz CT molecular complexity index is 1490. The number of benzene rings is 3. The maximum absolute atomic E-state index is 14.0. The Kier molecular flexibility index (Phi) is 9.16. The normalized spacial score (nSPS) is 13.3. The maximum Gasteiger partial charge on any atom is 0.264 e. The number of nitrogens with one attached hydrogen (secondary N) is 1. The zero-order valence-electron chi connectivity index (χ0n) is 22.0. The summed E-state index contributed by atoms with van der Waals surface area (Å²) in [4.78, 5) is 27.8. The maximum atomic E-state index is 14.0.